The van der Waals surface area contributed by atoms with Crippen molar-refractivity contribution in [2.45, 2.75) is 13.5 Å². The SMILES string of the molecule is CCn1c(=NC(=O)c2cc([N+](=O)[O-])ccc2Cl)sc2cc(OC)c(OC)cc21. The summed E-state index contributed by atoms with van der Waals surface area (Å²) in [6.07, 6.45) is 0. The average Bonchev–Trinajstić information content (AvgIpc) is 3.02. The normalized spacial score (nSPS) is 11.6. The van der Waals surface area contributed by atoms with Crippen LogP contribution in [0.15, 0.2) is 35.3 Å². The van der Waals surface area contributed by atoms with E-state index in [0.717, 1.165) is 16.3 Å². The summed E-state index contributed by atoms with van der Waals surface area (Å²) in [5.74, 6) is 0.482. The molecular weight excluding hydrogens is 406 g/mol. The van der Waals surface area contributed by atoms with Gasteiger partial charge in [0.15, 0.2) is 16.3 Å². The lowest BCUT2D eigenvalue weighted by Gasteiger charge is -2.08. The van der Waals surface area contributed by atoms with E-state index in [9.17, 15) is 14.9 Å². The number of ether oxygens (including phenoxy) is 2. The van der Waals surface area contributed by atoms with E-state index in [1.807, 2.05) is 23.6 Å². The van der Waals surface area contributed by atoms with Crippen molar-refractivity contribution in [2.75, 3.05) is 14.2 Å². The highest BCUT2D eigenvalue weighted by Gasteiger charge is 2.17. The van der Waals surface area contributed by atoms with Gasteiger partial charge in [0, 0.05) is 30.8 Å². The van der Waals surface area contributed by atoms with Gasteiger partial charge in [-0.05, 0) is 13.0 Å². The van der Waals surface area contributed by atoms with Crippen LogP contribution in [0.1, 0.15) is 17.3 Å². The maximum atomic E-state index is 12.7. The van der Waals surface area contributed by atoms with Gasteiger partial charge in [-0.15, -0.1) is 0 Å². The van der Waals surface area contributed by atoms with Gasteiger partial charge < -0.3 is 14.0 Å². The number of methoxy groups -OCH3 is 2. The van der Waals surface area contributed by atoms with Gasteiger partial charge >= 0.3 is 0 Å². The number of thiazole rings is 1. The molecule has 0 bridgehead atoms. The van der Waals surface area contributed by atoms with Gasteiger partial charge in [-0.25, -0.2) is 0 Å². The Labute approximate surface area is 168 Å². The van der Waals surface area contributed by atoms with E-state index >= 15 is 0 Å². The second kappa shape index (κ2) is 7.99. The average molecular weight is 422 g/mol. The van der Waals surface area contributed by atoms with E-state index in [0.29, 0.717) is 22.8 Å². The number of aryl methyl sites for hydroxylation is 1. The monoisotopic (exact) mass is 421 g/mol. The van der Waals surface area contributed by atoms with Gasteiger partial charge in [0.05, 0.1) is 39.9 Å². The summed E-state index contributed by atoms with van der Waals surface area (Å²) in [5, 5.41) is 11.1. The minimum Gasteiger partial charge on any atom is -0.493 e. The molecule has 28 heavy (non-hydrogen) atoms. The third-order valence-corrected chi connectivity index (χ3v) is 5.46. The number of aromatic nitrogens is 1. The number of hydrogen-bond acceptors (Lipinski definition) is 6. The van der Waals surface area contributed by atoms with Crippen LogP contribution < -0.4 is 14.3 Å². The van der Waals surface area contributed by atoms with Crippen LogP contribution in [-0.2, 0) is 6.54 Å². The lowest BCUT2D eigenvalue weighted by Crippen LogP contribution is -2.16. The number of benzene rings is 2. The second-order valence-electron chi connectivity index (χ2n) is 5.64. The summed E-state index contributed by atoms with van der Waals surface area (Å²) in [4.78, 5) is 27.7. The molecule has 1 aromatic heterocycles. The number of carbonyl (C=O) groups is 1. The summed E-state index contributed by atoms with van der Waals surface area (Å²) in [7, 11) is 3.09. The first-order chi connectivity index (χ1) is 13.4. The van der Waals surface area contributed by atoms with Gasteiger partial charge in [0.25, 0.3) is 11.6 Å². The molecule has 0 N–H and O–H groups in total. The third kappa shape index (κ3) is 3.58. The predicted molar refractivity (Wildman–Crippen MR) is 107 cm³/mol. The van der Waals surface area contributed by atoms with Crippen LogP contribution in [0.4, 0.5) is 5.69 Å². The quantitative estimate of drug-likeness (QED) is 0.457. The molecule has 1 heterocycles. The van der Waals surface area contributed by atoms with E-state index in [1.165, 1.54) is 23.5 Å². The molecule has 0 fully saturated rings. The van der Waals surface area contributed by atoms with Crippen molar-refractivity contribution >= 4 is 44.7 Å². The number of nitrogens with zero attached hydrogens (tertiary/aromatic N) is 3. The van der Waals surface area contributed by atoms with Crippen molar-refractivity contribution in [3.63, 3.8) is 0 Å². The molecule has 0 aliphatic heterocycles. The summed E-state index contributed by atoms with van der Waals surface area (Å²) in [6, 6.07) is 7.32. The zero-order chi connectivity index (χ0) is 20.4. The van der Waals surface area contributed by atoms with Crippen LogP contribution in [-0.4, -0.2) is 29.6 Å². The fraction of sp³-hybridized carbons (Fsp3) is 0.222. The lowest BCUT2D eigenvalue weighted by atomic mass is 10.2. The number of nitro groups is 1. The summed E-state index contributed by atoms with van der Waals surface area (Å²) in [5.41, 5.74) is 0.588. The Morgan fingerprint density at radius 1 is 1.25 bits per heavy atom. The molecular formula is C18H16ClN3O5S. The van der Waals surface area contributed by atoms with E-state index in [4.69, 9.17) is 21.1 Å². The molecule has 2 aromatic carbocycles. The molecule has 0 radical (unpaired) electrons. The Morgan fingerprint density at radius 3 is 2.54 bits per heavy atom. The molecule has 0 saturated heterocycles. The van der Waals surface area contributed by atoms with Crippen LogP contribution in [0.3, 0.4) is 0 Å². The molecule has 0 unspecified atom stereocenters. The van der Waals surface area contributed by atoms with E-state index < -0.39 is 10.8 Å². The molecule has 0 saturated carbocycles. The van der Waals surface area contributed by atoms with Crippen LogP contribution in [0.25, 0.3) is 10.2 Å². The lowest BCUT2D eigenvalue weighted by molar-refractivity contribution is -0.384. The highest BCUT2D eigenvalue weighted by molar-refractivity contribution is 7.16. The zero-order valence-corrected chi connectivity index (χ0v) is 16.8. The summed E-state index contributed by atoms with van der Waals surface area (Å²) >= 11 is 7.35. The number of nitro benzene ring substituents is 1. The van der Waals surface area contributed by atoms with Crippen molar-refractivity contribution in [2.24, 2.45) is 4.99 Å². The van der Waals surface area contributed by atoms with E-state index in [-0.39, 0.29) is 16.3 Å². The van der Waals surface area contributed by atoms with Crippen molar-refractivity contribution in [3.05, 3.63) is 55.8 Å². The Kier molecular flexibility index (Phi) is 5.66. The van der Waals surface area contributed by atoms with E-state index in [2.05, 4.69) is 4.99 Å². The highest BCUT2D eigenvalue weighted by Crippen LogP contribution is 2.33. The van der Waals surface area contributed by atoms with Crippen LogP contribution >= 0.6 is 22.9 Å². The number of non-ortho nitro benzene ring substituents is 1. The molecule has 0 aliphatic carbocycles. The van der Waals surface area contributed by atoms with Gasteiger partial charge in [0.2, 0.25) is 0 Å². The number of fused-ring (bicyclic) bond motifs is 1. The van der Waals surface area contributed by atoms with Gasteiger partial charge in [-0.2, -0.15) is 4.99 Å². The highest BCUT2D eigenvalue weighted by atomic mass is 35.5. The molecule has 3 aromatic rings. The molecule has 10 heteroatoms. The summed E-state index contributed by atoms with van der Waals surface area (Å²) in [6.45, 7) is 2.48. The van der Waals surface area contributed by atoms with Gasteiger partial charge in [-0.3, -0.25) is 14.9 Å². The van der Waals surface area contributed by atoms with E-state index in [1.54, 1.807) is 14.2 Å². The largest absolute Gasteiger partial charge is 0.493 e. The molecule has 0 spiro atoms. The number of rotatable bonds is 5. The maximum absolute atomic E-state index is 12.7. The first-order valence-electron chi connectivity index (χ1n) is 8.18. The first-order valence-corrected chi connectivity index (χ1v) is 9.37. The fourth-order valence-electron chi connectivity index (χ4n) is 2.73. The Hall–Kier alpha value is -2.91. The minimum atomic E-state index is -0.651. The second-order valence-corrected chi connectivity index (χ2v) is 7.06. The molecule has 1 amide bonds. The number of halogens is 1. The Bertz CT molecular complexity index is 1150. The summed E-state index contributed by atoms with van der Waals surface area (Å²) < 4.78 is 13.4. The van der Waals surface area contributed by atoms with Crippen molar-refractivity contribution in [1.82, 2.24) is 4.57 Å². The molecule has 0 aliphatic rings. The van der Waals surface area contributed by atoms with Crippen molar-refractivity contribution < 1.29 is 19.2 Å². The third-order valence-electron chi connectivity index (χ3n) is 4.09. The molecule has 146 valence electrons. The van der Waals surface area contributed by atoms with Crippen LogP contribution in [0.5, 0.6) is 11.5 Å². The topological polar surface area (TPSA) is 96.0 Å². The standard InChI is InChI=1S/C18H16ClN3O5S/c1-4-21-13-8-14(26-2)15(27-3)9-16(13)28-18(21)20-17(23)11-7-10(22(24)25)5-6-12(11)19/h5-9H,4H2,1-3H3. The smallest absolute Gasteiger partial charge is 0.281 e. The van der Waals surface area contributed by atoms with Gasteiger partial charge in [0.1, 0.15) is 0 Å². The first kappa shape index (κ1) is 19.8. The minimum absolute atomic E-state index is 0.0221. The van der Waals surface area contributed by atoms with Crippen molar-refractivity contribution in [3.8, 4) is 11.5 Å². The zero-order valence-electron chi connectivity index (χ0n) is 15.3. The fourth-order valence-corrected chi connectivity index (χ4v) is 4.03. The van der Waals surface area contributed by atoms with Gasteiger partial charge in [-0.1, -0.05) is 22.9 Å². The van der Waals surface area contributed by atoms with Crippen LogP contribution in [0.2, 0.25) is 5.02 Å². The van der Waals surface area contributed by atoms with Crippen LogP contribution in [0, 0.1) is 10.1 Å². The number of carbonyl (C=O) groups excluding carboxylic acids is 1. The maximum Gasteiger partial charge on any atom is 0.281 e. The predicted octanol–water partition coefficient (Wildman–Crippen LogP) is 4.04. The molecule has 0 atom stereocenters. The number of hydrogen-bond donors (Lipinski definition) is 0. The molecule has 8 nitrogen and oxygen atoms in total. The Morgan fingerprint density at radius 2 is 1.93 bits per heavy atom. The Balaban J connectivity index is 2.17. The molecule has 3 rings (SSSR count). The van der Waals surface area contributed by atoms with Crippen molar-refractivity contribution in [1.29, 1.82) is 0 Å². The number of amides is 1.